The number of aryl methyl sites for hydroxylation is 1. The van der Waals surface area contributed by atoms with Crippen molar-refractivity contribution >= 4 is 27.6 Å². The Bertz CT molecular complexity index is 1180. The molecule has 0 saturated heterocycles. The number of phenols is 1. The lowest BCUT2D eigenvalue weighted by Gasteiger charge is -2.11. The molecule has 150 valence electrons. The first kappa shape index (κ1) is 20.3. The van der Waals surface area contributed by atoms with Gasteiger partial charge in [-0.05, 0) is 55.0 Å². The van der Waals surface area contributed by atoms with Crippen molar-refractivity contribution in [1.82, 2.24) is 0 Å². The van der Waals surface area contributed by atoms with E-state index in [1.165, 1.54) is 49.7 Å². The van der Waals surface area contributed by atoms with Gasteiger partial charge >= 0.3 is 0 Å². The van der Waals surface area contributed by atoms with Crippen LogP contribution >= 0.6 is 0 Å². The van der Waals surface area contributed by atoms with E-state index >= 15 is 0 Å². The fourth-order valence-electron chi connectivity index (χ4n) is 2.61. The molecule has 0 aliphatic carbocycles. The van der Waals surface area contributed by atoms with Gasteiger partial charge in [0.2, 0.25) is 0 Å². The van der Waals surface area contributed by atoms with Crippen LogP contribution in [0.4, 0.5) is 15.8 Å². The van der Waals surface area contributed by atoms with E-state index in [0.717, 1.165) is 0 Å². The third kappa shape index (κ3) is 4.72. The number of ether oxygens (including phenoxy) is 1. The lowest BCUT2D eigenvalue weighted by atomic mass is 10.2. The largest absolute Gasteiger partial charge is 0.507 e. The number of nitrogens with one attached hydrogen (secondary N) is 1. The van der Waals surface area contributed by atoms with E-state index < -0.39 is 15.8 Å². The Labute approximate surface area is 168 Å². The Hall–Kier alpha value is -3.39. The van der Waals surface area contributed by atoms with Crippen LogP contribution in [0.3, 0.4) is 0 Å². The first-order valence-electron chi connectivity index (χ1n) is 8.59. The summed E-state index contributed by atoms with van der Waals surface area (Å²) in [5.74, 6) is -0.113. The second kappa shape index (κ2) is 8.32. The summed E-state index contributed by atoms with van der Waals surface area (Å²) in [6.07, 6.45) is 1.41. The van der Waals surface area contributed by atoms with E-state index in [9.17, 15) is 17.9 Å². The highest BCUT2D eigenvalue weighted by Crippen LogP contribution is 2.26. The van der Waals surface area contributed by atoms with Crippen LogP contribution in [0.25, 0.3) is 0 Å². The molecular formula is C21H19FN2O4S. The van der Waals surface area contributed by atoms with Gasteiger partial charge in [0.1, 0.15) is 17.3 Å². The molecule has 0 aliphatic rings. The van der Waals surface area contributed by atoms with E-state index in [2.05, 4.69) is 9.71 Å². The summed E-state index contributed by atoms with van der Waals surface area (Å²) in [5.41, 5.74) is 1.12. The average molecular weight is 414 g/mol. The monoisotopic (exact) mass is 414 g/mol. The van der Waals surface area contributed by atoms with Gasteiger partial charge in [-0.25, -0.2) is 12.8 Å². The lowest BCUT2D eigenvalue weighted by Crippen LogP contribution is -2.15. The molecule has 0 aliphatic heterocycles. The van der Waals surface area contributed by atoms with E-state index in [-0.39, 0.29) is 16.3 Å². The minimum atomic E-state index is -4.02. The number of hydrogen-bond acceptors (Lipinski definition) is 5. The Morgan fingerprint density at radius 1 is 1.10 bits per heavy atom. The number of benzene rings is 3. The van der Waals surface area contributed by atoms with Crippen LogP contribution in [0.2, 0.25) is 0 Å². The minimum absolute atomic E-state index is 0.00993. The second-order valence-electron chi connectivity index (χ2n) is 6.22. The zero-order valence-corrected chi connectivity index (χ0v) is 16.6. The fourth-order valence-corrected chi connectivity index (χ4v) is 3.94. The van der Waals surface area contributed by atoms with Gasteiger partial charge in [-0.15, -0.1) is 0 Å². The summed E-state index contributed by atoms with van der Waals surface area (Å²) in [4.78, 5) is 4.22. The van der Waals surface area contributed by atoms with Crippen molar-refractivity contribution in [3.8, 4) is 11.5 Å². The number of phenolic OH excluding ortho intramolecular Hbond substituents is 1. The van der Waals surface area contributed by atoms with Crippen LogP contribution in [-0.4, -0.2) is 26.8 Å². The zero-order chi connectivity index (χ0) is 21.0. The predicted octanol–water partition coefficient (Wildman–Crippen LogP) is 4.40. The number of para-hydroxylation sites is 1. The number of anilines is 1. The number of rotatable bonds is 6. The maximum Gasteiger partial charge on any atom is 0.262 e. The van der Waals surface area contributed by atoms with Crippen LogP contribution in [0.1, 0.15) is 11.1 Å². The molecule has 0 aromatic heterocycles. The van der Waals surface area contributed by atoms with Crippen LogP contribution in [0.15, 0.2) is 70.6 Å². The van der Waals surface area contributed by atoms with Crippen LogP contribution in [-0.2, 0) is 10.0 Å². The molecule has 8 heteroatoms. The molecule has 0 saturated carbocycles. The minimum Gasteiger partial charge on any atom is -0.507 e. The quantitative estimate of drug-likeness (QED) is 0.585. The first-order chi connectivity index (χ1) is 13.8. The summed E-state index contributed by atoms with van der Waals surface area (Å²) >= 11 is 0. The molecular weight excluding hydrogens is 395 g/mol. The number of halogens is 1. The van der Waals surface area contributed by atoms with Gasteiger partial charge in [-0.2, -0.15) is 0 Å². The molecule has 3 aromatic rings. The van der Waals surface area contributed by atoms with Crippen molar-refractivity contribution in [2.75, 3.05) is 11.8 Å². The van der Waals surface area contributed by atoms with Gasteiger partial charge in [0.15, 0.2) is 0 Å². The lowest BCUT2D eigenvalue weighted by molar-refractivity contribution is 0.412. The van der Waals surface area contributed by atoms with E-state index in [0.29, 0.717) is 22.6 Å². The molecule has 2 N–H and O–H groups in total. The van der Waals surface area contributed by atoms with Crippen molar-refractivity contribution in [1.29, 1.82) is 0 Å². The molecule has 0 radical (unpaired) electrons. The number of hydrogen-bond donors (Lipinski definition) is 2. The molecule has 0 heterocycles. The highest BCUT2D eigenvalue weighted by molar-refractivity contribution is 7.92. The Balaban J connectivity index is 1.93. The second-order valence-corrected chi connectivity index (χ2v) is 7.87. The Morgan fingerprint density at radius 3 is 2.59 bits per heavy atom. The maximum absolute atomic E-state index is 13.8. The van der Waals surface area contributed by atoms with Crippen LogP contribution < -0.4 is 9.46 Å². The molecule has 0 unspecified atom stereocenters. The topological polar surface area (TPSA) is 88.0 Å². The van der Waals surface area contributed by atoms with E-state index in [4.69, 9.17) is 4.74 Å². The average Bonchev–Trinajstić information content (AvgIpc) is 2.70. The highest BCUT2D eigenvalue weighted by atomic mass is 32.2. The zero-order valence-electron chi connectivity index (χ0n) is 15.8. The summed E-state index contributed by atoms with van der Waals surface area (Å²) in [7, 11) is -2.52. The molecule has 0 bridgehead atoms. The number of sulfonamides is 1. The van der Waals surface area contributed by atoms with Crippen molar-refractivity contribution in [2.45, 2.75) is 11.8 Å². The van der Waals surface area contributed by atoms with Crippen LogP contribution in [0.5, 0.6) is 11.5 Å². The number of methoxy groups -OCH3 is 1. The third-order valence-electron chi connectivity index (χ3n) is 4.17. The normalized spacial score (nSPS) is 11.6. The maximum atomic E-state index is 13.8. The van der Waals surface area contributed by atoms with Gasteiger partial charge in [0, 0.05) is 11.8 Å². The standard InChI is InChI=1S/C21H19FN2O4S/c1-14-7-8-16(23-13-15-11-17(28-2)9-10-20(15)25)12-21(14)29(26,27)24-19-6-4-3-5-18(19)22/h3-13,24-25H,1-2H3. The smallest absolute Gasteiger partial charge is 0.262 e. The highest BCUT2D eigenvalue weighted by Gasteiger charge is 2.19. The first-order valence-corrected chi connectivity index (χ1v) is 10.1. The van der Waals surface area contributed by atoms with Crippen molar-refractivity contribution in [3.05, 3.63) is 77.6 Å². The molecule has 29 heavy (non-hydrogen) atoms. The van der Waals surface area contributed by atoms with Gasteiger partial charge in [-0.3, -0.25) is 9.71 Å². The van der Waals surface area contributed by atoms with Gasteiger partial charge in [-0.1, -0.05) is 18.2 Å². The van der Waals surface area contributed by atoms with Crippen LogP contribution in [0, 0.1) is 12.7 Å². The van der Waals surface area contributed by atoms with Gasteiger partial charge in [0.25, 0.3) is 10.0 Å². The van der Waals surface area contributed by atoms with Gasteiger partial charge in [0.05, 0.1) is 23.4 Å². The Kier molecular flexibility index (Phi) is 5.84. The van der Waals surface area contributed by atoms with Crippen molar-refractivity contribution in [2.24, 2.45) is 4.99 Å². The van der Waals surface area contributed by atoms with Crippen molar-refractivity contribution in [3.63, 3.8) is 0 Å². The predicted molar refractivity (Wildman–Crippen MR) is 110 cm³/mol. The SMILES string of the molecule is COc1ccc(O)c(C=Nc2ccc(C)c(S(=O)(=O)Nc3ccccc3F)c2)c1. The molecule has 0 atom stereocenters. The molecule has 0 spiro atoms. The molecule has 3 aromatic carbocycles. The van der Waals surface area contributed by atoms with E-state index in [1.54, 1.807) is 31.2 Å². The number of aromatic hydroxyl groups is 1. The van der Waals surface area contributed by atoms with Crippen molar-refractivity contribution < 1.29 is 22.7 Å². The Morgan fingerprint density at radius 2 is 1.86 bits per heavy atom. The van der Waals surface area contributed by atoms with E-state index in [1.807, 2.05) is 0 Å². The summed E-state index contributed by atoms with van der Waals surface area (Å²) in [5, 5.41) is 9.94. The molecule has 6 nitrogen and oxygen atoms in total. The molecule has 0 amide bonds. The summed E-state index contributed by atoms with van der Waals surface area (Å²) in [6.45, 7) is 1.64. The summed E-state index contributed by atoms with van der Waals surface area (Å²) < 4.78 is 46.7. The third-order valence-corrected chi connectivity index (χ3v) is 5.67. The summed E-state index contributed by atoms with van der Waals surface area (Å²) in [6, 6.07) is 14.8. The fraction of sp³-hybridized carbons (Fsp3) is 0.0952. The van der Waals surface area contributed by atoms with Gasteiger partial charge < -0.3 is 9.84 Å². The molecule has 0 fully saturated rings. The molecule has 3 rings (SSSR count). The number of nitrogens with zero attached hydrogens (tertiary/aromatic N) is 1. The number of aliphatic imine (C=N–C) groups is 1.